The molecule has 4 heterocycles. The zero-order chi connectivity index (χ0) is 26.9. The van der Waals surface area contributed by atoms with E-state index < -0.39 is 0 Å². The SMILES string of the molecule is CC(c1cc(P)ccc1F)N1CCNc2ncc(-c3ccc(C(=O)N4CCCC4CN4CCCC4)cc3)cc21. The van der Waals surface area contributed by atoms with Crippen LogP contribution in [-0.2, 0) is 0 Å². The van der Waals surface area contributed by atoms with Crippen molar-refractivity contribution in [2.45, 2.75) is 44.7 Å². The van der Waals surface area contributed by atoms with Gasteiger partial charge in [0.15, 0.2) is 0 Å². The second-order valence-electron chi connectivity index (χ2n) is 11.0. The quantitative estimate of drug-likeness (QED) is 0.438. The van der Waals surface area contributed by atoms with Crippen molar-refractivity contribution in [1.82, 2.24) is 14.8 Å². The van der Waals surface area contributed by atoms with Crippen molar-refractivity contribution in [2.75, 3.05) is 49.5 Å². The molecule has 2 saturated heterocycles. The number of hydrogen-bond donors (Lipinski definition) is 1. The fourth-order valence-electron chi connectivity index (χ4n) is 6.36. The smallest absolute Gasteiger partial charge is 0.254 e. The third kappa shape index (κ3) is 5.39. The molecule has 0 aliphatic carbocycles. The Morgan fingerprint density at radius 2 is 1.85 bits per heavy atom. The minimum absolute atomic E-state index is 0.134. The van der Waals surface area contributed by atoms with Gasteiger partial charge in [-0.1, -0.05) is 18.2 Å². The summed E-state index contributed by atoms with van der Waals surface area (Å²) in [4.78, 5) is 24.9. The van der Waals surface area contributed by atoms with Gasteiger partial charge in [-0.3, -0.25) is 4.79 Å². The Morgan fingerprint density at radius 1 is 1.05 bits per heavy atom. The van der Waals surface area contributed by atoms with E-state index >= 15 is 0 Å². The van der Waals surface area contributed by atoms with E-state index in [1.54, 1.807) is 6.07 Å². The van der Waals surface area contributed by atoms with Crippen molar-refractivity contribution in [3.8, 4) is 11.1 Å². The predicted molar refractivity (Wildman–Crippen MR) is 159 cm³/mol. The van der Waals surface area contributed by atoms with Gasteiger partial charge in [0.05, 0.1) is 11.7 Å². The monoisotopic (exact) mass is 545 g/mol. The molecular weight excluding hydrogens is 508 g/mol. The first-order chi connectivity index (χ1) is 19.0. The standard InChI is InChI=1S/C31H37FN5OP/c1-21(27-18-26(39)10-11-28(27)32)36-16-12-33-30-29(36)17-24(19-34-30)22-6-8-23(9-7-22)31(38)37-15-4-5-25(37)20-35-13-2-3-14-35/h6-11,17-19,21,25H,2-5,12-16,20,39H2,1H3,(H,33,34). The van der Waals surface area contributed by atoms with Crippen molar-refractivity contribution >= 4 is 32.0 Å². The number of carbonyl (C=O) groups is 1. The number of carbonyl (C=O) groups excluding carboxylic acids is 1. The summed E-state index contributed by atoms with van der Waals surface area (Å²) in [6.07, 6.45) is 6.59. The van der Waals surface area contributed by atoms with Gasteiger partial charge in [0.25, 0.3) is 5.91 Å². The van der Waals surface area contributed by atoms with Gasteiger partial charge in [-0.05, 0) is 86.9 Å². The van der Waals surface area contributed by atoms with Crippen LogP contribution in [0.15, 0.2) is 54.7 Å². The summed E-state index contributed by atoms with van der Waals surface area (Å²) in [5.41, 5.74) is 4.35. The first-order valence-electron chi connectivity index (χ1n) is 14.2. The summed E-state index contributed by atoms with van der Waals surface area (Å²) < 4.78 is 14.7. The average Bonchev–Trinajstić information content (AvgIpc) is 3.66. The van der Waals surface area contributed by atoms with E-state index in [1.165, 1.54) is 18.9 Å². The lowest BCUT2D eigenvalue weighted by Gasteiger charge is -2.36. The lowest BCUT2D eigenvalue weighted by molar-refractivity contribution is 0.0709. The van der Waals surface area contributed by atoms with E-state index in [-0.39, 0.29) is 17.8 Å². The van der Waals surface area contributed by atoms with Gasteiger partial charge in [0, 0.05) is 55.1 Å². The molecule has 0 radical (unpaired) electrons. The number of fused-ring (bicyclic) bond motifs is 1. The Kier molecular flexibility index (Phi) is 7.55. The summed E-state index contributed by atoms with van der Waals surface area (Å²) in [5.74, 6) is 0.748. The lowest BCUT2D eigenvalue weighted by Crippen LogP contribution is -2.42. The minimum Gasteiger partial charge on any atom is -0.367 e. The number of rotatable bonds is 6. The van der Waals surface area contributed by atoms with Crippen LogP contribution in [0.1, 0.15) is 54.6 Å². The number of nitrogens with one attached hydrogen (secondary N) is 1. The van der Waals surface area contributed by atoms with Crippen LogP contribution >= 0.6 is 9.24 Å². The van der Waals surface area contributed by atoms with Crippen LogP contribution in [0.2, 0.25) is 0 Å². The van der Waals surface area contributed by atoms with Crippen LogP contribution in [0.25, 0.3) is 11.1 Å². The largest absolute Gasteiger partial charge is 0.367 e. The first kappa shape index (κ1) is 26.2. The molecular formula is C31H37FN5OP. The van der Waals surface area contributed by atoms with Gasteiger partial charge in [-0.25, -0.2) is 9.37 Å². The second kappa shape index (κ2) is 11.2. The predicted octanol–water partition coefficient (Wildman–Crippen LogP) is 5.08. The molecule has 3 aliphatic rings. The summed E-state index contributed by atoms with van der Waals surface area (Å²) in [6, 6.07) is 15.4. The molecule has 3 aromatic rings. The molecule has 0 bridgehead atoms. The number of benzene rings is 2. The fourth-order valence-corrected chi connectivity index (χ4v) is 6.64. The molecule has 1 aromatic heterocycles. The van der Waals surface area contributed by atoms with Crippen molar-refractivity contribution < 1.29 is 9.18 Å². The van der Waals surface area contributed by atoms with Gasteiger partial charge in [-0.15, -0.1) is 9.24 Å². The Labute approximate surface area is 232 Å². The van der Waals surface area contributed by atoms with Crippen LogP contribution < -0.4 is 15.5 Å². The number of halogens is 1. The third-order valence-electron chi connectivity index (χ3n) is 8.53. The molecule has 3 aliphatic heterocycles. The first-order valence-corrected chi connectivity index (χ1v) is 14.7. The average molecular weight is 546 g/mol. The molecule has 3 unspecified atom stereocenters. The van der Waals surface area contributed by atoms with Crippen LogP contribution in [-0.4, -0.2) is 66.0 Å². The highest BCUT2D eigenvalue weighted by atomic mass is 31.0. The molecule has 1 N–H and O–H groups in total. The number of aromatic nitrogens is 1. The van der Waals surface area contributed by atoms with E-state index in [0.29, 0.717) is 11.6 Å². The summed E-state index contributed by atoms with van der Waals surface area (Å²) in [7, 11) is 2.66. The Hall–Kier alpha value is -3.02. The molecule has 39 heavy (non-hydrogen) atoms. The van der Waals surface area contributed by atoms with E-state index in [1.807, 2.05) is 43.5 Å². The molecule has 2 aromatic carbocycles. The Morgan fingerprint density at radius 3 is 2.64 bits per heavy atom. The zero-order valence-electron chi connectivity index (χ0n) is 22.6. The highest BCUT2D eigenvalue weighted by molar-refractivity contribution is 7.27. The second-order valence-corrected chi connectivity index (χ2v) is 11.7. The topological polar surface area (TPSA) is 51.7 Å². The molecule has 0 saturated carbocycles. The van der Waals surface area contributed by atoms with E-state index in [0.717, 1.165) is 85.6 Å². The van der Waals surface area contributed by atoms with Gasteiger partial charge in [0.2, 0.25) is 0 Å². The van der Waals surface area contributed by atoms with Crippen molar-refractivity contribution in [2.24, 2.45) is 0 Å². The molecule has 6 rings (SSSR count). The van der Waals surface area contributed by atoms with E-state index in [9.17, 15) is 9.18 Å². The summed E-state index contributed by atoms with van der Waals surface area (Å²) >= 11 is 0. The molecule has 6 nitrogen and oxygen atoms in total. The van der Waals surface area contributed by atoms with Gasteiger partial charge in [0.1, 0.15) is 11.6 Å². The molecule has 204 valence electrons. The molecule has 3 atom stereocenters. The van der Waals surface area contributed by atoms with Crippen LogP contribution in [0.4, 0.5) is 15.9 Å². The number of anilines is 2. The van der Waals surface area contributed by atoms with Crippen LogP contribution in [0.3, 0.4) is 0 Å². The maximum atomic E-state index is 14.7. The molecule has 0 spiro atoms. The maximum Gasteiger partial charge on any atom is 0.254 e. The number of likely N-dealkylation sites (tertiary alicyclic amines) is 2. The van der Waals surface area contributed by atoms with Gasteiger partial charge in [-0.2, -0.15) is 0 Å². The van der Waals surface area contributed by atoms with Crippen molar-refractivity contribution in [3.05, 3.63) is 71.7 Å². The van der Waals surface area contributed by atoms with Gasteiger partial charge >= 0.3 is 0 Å². The van der Waals surface area contributed by atoms with Crippen LogP contribution in [0.5, 0.6) is 0 Å². The number of pyridine rings is 1. The number of nitrogens with zero attached hydrogens (tertiary/aromatic N) is 4. The normalized spacial score (nSPS) is 20.1. The summed E-state index contributed by atoms with van der Waals surface area (Å²) in [6.45, 7) is 7.70. The minimum atomic E-state index is -0.196. The fraction of sp³-hybridized carbons (Fsp3) is 0.419. The Balaban J connectivity index is 1.21. The molecule has 2 fully saturated rings. The van der Waals surface area contributed by atoms with Crippen molar-refractivity contribution in [1.29, 1.82) is 0 Å². The van der Waals surface area contributed by atoms with E-state index in [2.05, 4.69) is 35.3 Å². The van der Waals surface area contributed by atoms with Crippen molar-refractivity contribution in [3.63, 3.8) is 0 Å². The highest BCUT2D eigenvalue weighted by Gasteiger charge is 2.31. The van der Waals surface area contributed by atoms with E-state index in [4.69, 9.17) is 4.98 Å². The molecule has 8 heteroatoms. The Bertz CT molecular complexity index is 1340. The van der Waals surface area contributed by atoms with Gasteiger partial charge < -0.3 is 20.0 Å². The van der Waals surface area contributed by atoms with Crippen LogP contribution in [0, 0.1) is 5.82 Å². The highest BCUT2D eigenvalue weighted by Crippen LogP contribution is 2.37. The zero-order valence-corrected chi connectivity index (χ0v) is 23.7. The number of amides is 1. The lowest BCUT2D eigenvalue weighted by atomic mass is 10.0. The summed E-state index contributed by atoms with van der Waals surface area (Å²) in [5, 5.41) is 4.35. The third-order valence-corrected chi connectivity index (χ3v) is 8.89. The number of hydrogen-bond acceptors (Lipinski definition) is 5. The maximum absolute atomic E-state index is 14.7. The molecule has 1 amide bonds.